The van der Waals surface area contributed by atoms with Gasteiger partial charge in [0.05, 0.1) is 10.7 Å². The molecule has 0 amide bonds. The molecule has 0 saturated carbocycles. The number of pyridine rings is 1. The summed E-state index contributed by atoms with van der Waals surface area (Å²) in [7, 11) is 0. The Bertz CT molecular complexity index is 492. The number of hydrogen-bond donors (Lipinski definition) is 0. The Morgan fingerprint density at radius 3 is 2.25 bits per heavy atom. The van der Waals surface area contributed by atoms with E-state index < -0.39 is 0 Å². The van der Waals surface area contributed by atoms with Crippen LogP contribution >= 0.6 is 11.6 Å². The summed E-state index contributed by atoms with van der Waals surface area (Å²) in [5.41, 5.74) is 5.74. The van der Waals surface area contributed by atoms with Crippen LogP contribution in [0.1, 0.15) is 16.7 Å². The van der Waals surface area contributed by atoms with E-state index in [0.717, 1.165) is 11.3 Å². The van der Waals surface area contributed by atoms with Gasteiger partial charge < -0.3 is 0 Å². The first-order valence-electron chi connectivity index (χ1n) is 5.19. The molecule has 1 radical (unpaired) electrons. The van der Waals surface area contributed by atoms with E-state index in [1.165, 1.54) is 16.7 Å². The van der Waals surface area contributed by atoms with Gasteiger partial charge >= 0.3 is 0 Å². The van der Waals surface area contributed by atoms with Crippen LogP contribution in [0.4, 0.5) is 0 Å². The third kappa shape index (κ3) is 2.10. The minimum absolute atomic E-state index is 0.617. The fourth-order valence-electron chi connectivity index (χ4n) is 2.03. The Balaban J connectivity index is 2.60. The van der Waals surface area contributed by atoms with E-state index in [0.29, 0.717) is 5.02 Å². The summed E-state index contributed by atoms with van der Waals surface area (Å²) in [6.45, 7) is 6.29. The summed E-state index contributed by atoms with van der Waals surface area (Å²) in [5.74, 6) is 0. The molecule has 0 aliphatic carbocycles. The normalized spacial score (nSPS) is 10.5. The molecule has 1 aromatic carbocycles. The van der Waals surface area contributed by atoms with Crippen LogP contribution in [0.15, 0.2) is 24.4 Å². The summed E-state index contributed by atoms with van der Waals surface area (Å²) in [5, 5.41) is 0.617. The van der Waals surface area contributed by atoms with Crippen molar-refractivity contribution in [3.05, 3.63) is 52.2 Å². The number of halogens is 1. The summed E-state index contributed by atoms with van der Waals surface area (Å²) in [4.78, 5) is 4.31. The van der Waals surface area contributed by atoms with Crippen LogP contribution < -0.4 is 0 Å². The standard InChI is InChI=1S/C14H13ClN/c1-9-6-10(2)14(11(3)7-9)13-5-4-12(15)8-16-13/h4,6-8H,1-3H3. The molecule has 2 aromatic rings. The zero-order valence-electron chi connectivity index (χ0n) is 9.63. The van der Waals surface area contributed by atoms with E-state index in [4.69, 9.17) is 11.6 Å². The molecule has 0 N–H and O–H groups in total. The summed E-state index contributed by atoms with van der Waals surface area (Å²) in [6, 6.07) is 9.18. The van der Waals surface area contributed by atoms with Crippen LogP contribution in [0.3, 0.4) is 0 Å². The third-order valence-corrected chi connectivity index (χ3v) is 2.78. The van der Waals surface area contributed by atoms with E-state index in [2.05, 4.69) is 44.0 Å². The summed E-state index contributed by atoms with van der Waals surface area (Å²) >= 11 is 5.81. The zero-order valence-corrected chi connectivity index (χ0v) is 10.4. The number of hydrogen-bond acceptors (Lipinski definition) is 1. The van der Waals surface area contributed by atoms with Gasteiger partial charge in [0, 0.05) is 17.8 Å². The molecule has 0 fully saturated rings. The van der Waals surface area contributed by atoms with Crippen LogP contribution in [0, 0.1) is 26.8 Å². The smallest absolute Gasteiger partial charge is 0.0787 e. The molecule has 0 spiro atoms. The van der Waals surface area contributed by atoms with Crippen LogP contribution in [0.5, 0.6) is 0 Å². The summed E-state index contributed by atoms with van der Waals surface area (Å²) in [6.07, 6.45) is 1.66. The van der Waals surface area contributed by atoms with Crippen LogP contribution in [-0.4, -0.2) is 4.98 Å². The highest BCUT2D eigenvalue weighted by Crippen LogP contribution is 2.26. The topological polar surface area (TPSA) is 12.9 Å². The fraction of sp³-hybridized carbons (Fsp3) is 0.214. The molecule has 0 aliphatic heterocycles. The van der Waals surface area contributed by atoms with Crippen LogP contribution in [-0.2, 0) is 0 Å². The molecular weight excluding hydrogens is 218 g/mol. The van der Waals surface area contributed by atoms with Crippen molar-refractivity contribution in [1.29, 1.82) is 0 Å². The maximum atomic E-state index is 5.81. The zero-order chi connectivity index (χ0) is 11.7. The highest BCUT2D eigenvalue weighted by atomic mass is 35.5. The van der Waals surface area contributed by atoms with Crippen molar-refractivity contribution in [2.45, 2.75) is 20.8 Å². The van der Waals surface area contributed by atoms with Gasteiger partial charge in [-0.2, -0.15) is 0 Å². The van der Waals surface area contributed by atoms with Crippen molar-refractivity contribution in [3.8, 4) is 11.3 Å². The molecule has 0 unspecified atom stereocenters. The fourth-order valence-corrected chi connectivity index (χ4v) is 2.13. The molecule has 2 rings (SSSR count). The van der Waals surface area contributed by atoms with Gasteiger partial charge in [0.15, 0.2) is 0 Å². The van der Waals surface area contributed by atoms with E-state index in [1.54, 1.807) is 12.3 Å². The predicted octanol–water partition coefficient (Wildman–Crippen LogP) is 4.13. The monoisotopic (exact) mass is 230 g/mol. The van der Waals surface area contributed by atoms with E-state index in [1.807, 2.05) is 0 Å². The molecule has 0 atom stereocenters. The molecule has 16 heavy (non-hydrogen) atoms. The second-order valence-electron chi connectivity index (χ2n) is 4.05. The van der Waals surface area contributed by atoms with Crippen molar-refractivity contribution in [3.63, 3.8) is 0 Å². The highest BCUT2D eigenvalue weighted by Gasteiger charge is 2.07. The van der Waals surface area contributed by atoms with Crippen molar-refractivity contribution >= 4 is 11.6 Å². The molecule has 2 heteroatoms. The lowest BCUT2D eigenvalue weighted by atomic mass is 9.97. The Morgan fingerprint density at radius 1 is 1.12 bits per heavy atom. The molecule has 0 saturated heterocycles. The minimum Gasteiger partial charge on any atom is -0.254 e. The predicted molar refractivity (Wildman–Crippen MR) is 67.7 cm³/mol. The molecule has 1 nitrogen and oxygen atoms in total. The Hall–Kier alpha value is -1.34. The molecule has 81 valence electrons. The van der Waals surface area contributed by atoms with Gasteiger partial charge in [-0.1, -0.05) is 29.3 Å². The average molecular weight is 231 g/mol. The highest BCUT2D eigenvalue weighted by molar-refractivity contribution is 6.30. The SMILES string of the molecule is Cc1cc(C)c(-c2[c]cc(Cl)cn2)c(C)c1. The largest absolute Gasteiger partial charge is 0.254 e. The lowest BCUT2D eigenvalue weighted by Crippen LogP contribution is -1.92. The van der Waals surface area contributed by atoms with Gasteiger partial charge in [0.1, 0.15) is 0 Å². The second kappa shape index (κ2) is 4.26. The first-order chi connectivity index (χ1) is 7.58. The quantitative estimate of drug-likeness (QED) is 0.718. The lowest BCUT2D eigenvalue weighted by molar-refractivity contribution is 1.26. The van der Waals surface area contributed by atoms with Crippen molar-refractivity contribution in [1.82, 2.24) is 4.98 Å². The number of benzene rings is 1. The maximum Gasteiger partial charge on any atom is 0.0787 e. The van der Waals surface area contributed by atoms with Crippen molar-refractivity contribution < 1.29 is 0 Å². The Kier molecular flexibility index (Phi) is 2.97. The first kappa shape index (κ1) is 11.2. The third-order valence-electron chi connectivity index (χ3n) is 2.58. The van der Waals surface area contributed by atoms with E-state index in [-0.39, 0.29) is 0 Å². The first-order valence-corrected chi connectivity index (χ1v) is 5.57. The van der Waals surface area contributed by atoms with Crippen molar-refractivity contribution in [2.75, 3.05) is 0 Å². The Morgan fingerprint density at radius 2 is 1.75 bits per heavy atom. The van der Waals surface area contributed by atoms with Gasteiger partial charge in [0.2, 0.25) is 0 Å². The number of rotatable bonds is 1. The van der Waals surface area contributed by atoms with Gasteiger partial charge in [-0.25, -0.2) is 0 Å². The number of nitrogens with zero attached hydrogens (tertiary/aromatic N) is 1. The van der Waals surface area contributed by atoms with Crippen LogP contribution in [0.2, 0.25) is 5.02 Å². The maximum absolute atomic E-state index is 5.81. The molecule has 0 bridgehead atoms. The van der Waals surface area contributed by atoms with E-state index in [9.17, 15) is 0 Å². The number of aryl methyl sites for hydroxylation is 3. The molecule has 0 aliphatic rings. The van der Waals surface area contributed by atoms with Crippen LogP contribution in [0.25, 0.3) is 11.3 Å². The lowest BCUT2D eigenvalue weighted by Gasteiger charge is -2.10. The van der Waals surface area contributed by atoms with Gasteiger partial charge in [0.25, 0.3) is 0 Å². The van der Waals surface area contributed by atoms with Gasteiger partial charge in [-0.15, -0.1) is 0 Å². The van der Waals surface area contributed by atoms with E-state index >= 15 is 0 Å². The molecule has 1 aromatic heterocycles. The summed E-state index contributed by atoms with van der Waals surface area (Å²) < 4.78 is 0. The number of aromatic nitrogens is 1. The van der Waals surface area contributed by atoms with Gasteiger partial charge in [-0.3, -0.25) is 4.98 Å². The average Bonchev–Trinajstić information content (AvgIpc) is 2.19. The minimum atomic E-state index is 0.617. The second-order valence-corrected chi connectivity index (χ2v) is 4.49. The van der Waals surface area contributed by atoms with Gasteiger partial charge in [-0.05, 0) is 38.0 Å². The van der Waals surface area contributed by atoms with Crippen molar-refractivity contribution in [2.24, 2.45) is 0 Å². The molecule has 1 heterocycles. The Labute approximate surface area is 101 Å². The molecular formula is C14H13ClN.